The van der Waals surface area contributed by atoms with E-state index in [-0.39, 0.29) is 29.9 Å². The van der Waals surface area contributed by atoms with E-state index in [0.717, 1.165) is 0 Å². The van der Waals surface area contributed by atoms with Crippen LogP contribution in [0.25, 0.3) is 0 Å². The fourth-order valence-corrected chi connectivity index (χ4v) is 3.83. The van der Waals surface area contributed by atoms with Crippen LogP contribution < -0.4 is 16.0 Å². The molecule has 0 bridgehead atoms. The molecule has 0 radical (unpaired) electrons. The number of anilines is 1. The van der Waals surface area contributed by atoms with Crippen molar-refractivity contribution in [3.8, 4) is 0 Å². The number of benzene rings is 1. The smallest absolute Gasteiger partial charge is 0.252 e. The number of halogens is 1. The Morgan fingerprint density at radius 3 is 1.68 bits per heavy atom. The van der Waals surface area contributed by atoms with Crippen molar-refractivity contribution in [2.24, 2.45) is 0 Å². The Hall–Kier alpha value is -1.80. The van der Waals surface area contributed by atoms with Crippen LogP contribution in [-0.4, -0.2) is 77.2 Å². The Morgan fingerprint density at radius 1 is 0.964 bits per heavy atom. The lowest BCUT2D eigenvalue weighted by Gasteiger charge is -2.21. The molecule has 1 aromatic rings. The Kier molecular flexibility index (Phi) is 9.75. The lowest BCUT2D eigenvalue weighted by atomic mass is 9.95. The first-order valence-electron chi connectivity index (χ1n) is 8.36. The summed E-state index contributed by atoms with van der Waals surface area (Å²) in [5, 5.41) is 44.0. The molecule has 28 heavy (non-hydrogen) atoms. The van der Waals surface area contributed by atoms with Gasteiger partial charge in [-0.15, -0.1) is 0 Å². The van der Waals surface area contributed by atoms with Gasteiger partial charge in [-0.25, -0.2) is 0 Å². The number of aliphatic hydroxyl groups is 4. The predicted molar refractivity (Wildman–Crippen MR) is 109 cm³/mol. The topological polar surface area (TPSA) is 168 Å². The predicted octanol–water partition coefficient (Wildman–Crippen LogP) is -1.36. The van der Waals surface area contributed by atoms with Crippen molar-refractivity contribution in [1.82, 2.24) is 10.6 Å². The molecule has 1 rings (SSSR count). The van der Waals surface area contributed by atoms with Crippen molar-refractivity contribution in [3.05, 3.63) is 25.8 Å². The molecule has 10 nitrogen and oxygen atoms in total. The highest BCUT2D eigenvalue weighted by atomic mass is 127. The van der Waals surface area contributed by atoms with Gasteiger partial charge in [0.25, 0.3) is 11.8 Å². The summed E-state index contributed by atoms with van der Waals surface area (Å²) < 4.78 is 0.316. The molecule has 0 saturated heterocycles. The zero-order chi connectivity index (χ0) is 21.4. The van der Waals surface area contributed by atoms with Gasteiger partial charge in [0.15, 0.2) is 0 Å². The normalized spacial score (nSPS) is 12.8. The number of nitrogens with one attached hydrogen (secondary N) is 3. The Bertz CT molecular complexity index is 689. The molecule has 11 heteroatoms. The highest BCUT2D eigenvalue weighted by Crippen LogP contribution is 2.32. The molecule has 1 aromatic carbocycles. The SMILES string of the molecule is Cc1c(NC=O)c(C)c(C(=O)NCC(O)CO)c(I)c1C(=O)NCC(O)CO. The van der Waals surface area contributed by atoms with Crippen LogP contribution in [0.1, 0.15) is 31.8 Å². The molecule has 0 fully saturated rings. The van der Waals surface area contributed by atoms with Gasteiger partial charge in [0.1, 0.15) is 0 Å². The summed E-state index contributed by atoms with van der Waals surface area (Å²) in [5.74, 6) is -1.18. The molecule has 156 valence electrons. The maximum absolute atomic E-state index is 12.6. The van der Waals surface area contributed by atoms with Gasteiger partial charge in [-0.2, -0.15) is 0 Å². The molecule has 2 atom stereocenters. The third-order valence-corrected chi connectivity index (χ3v) is 5.09. The molecule has 0 heterocycles. The van der Waals surface area contributed by atoms with E-state index in [2.05, 4.69) is 16.0 Å². The Labute approximate surface area is 175 Å². The van der Waals surface area contributed by atoms with Crippen LogP contribution in [0.4, 0.5) is 5.69 Å². The molecular weight excluding hydrogens is 485 g/mol. The van der Waals surface area contributed by atoms with Gasteiger partial charge in [0.05, 0.1) is 36.5 Å². The van der Waals surface area contributed by atoms with Crippen molar-refractivity contribution in [2.45, 2.75) is 26.1 Å². The molecule has 0 spiro atoms. The van der Waals surface area contributed by atoms with E-state index in [0.29, 0.717) is 21.1 Å². The number of aliphatic hydroxyl groups excluding tert-OH is 4. The van der Waals surface area contributed by atoms with Crippen molar-refractivity contribution >= 4 is 46.5 Å². The molecule has 2 unspecified atom stereocenters. The quantitative estimate of drug-likeness (QED) is 0.151. The zero-order valence-corrected chi connectivity index (χ0v) is 17.6. The lowest BCUT2D eigenvalue weighted by Crippen LogP contribution is -2.37. The van der Waals surface area contributed by atoms with Gasteiger partial charge in [-0.3, -0.25) is 14.4 Å². The second-order valence-corrected chi connectivity index (χ2v) is 7.12. The summed E-state index contributed by atoms with van der Waals surface area (Å²) in [5.41, 5.74) is 1.41. The standard InChI is InChI=1S/C17H24IN3O7/c1-8-12(16(27)19-3-10(25)5-22)14(18)13(9(2)15(8)21-7-24)17(28)20-4-11(26)6-23/h7,10-11,22-23,25-26H,3-6H2,1-2H3,(H,19,27)(H,20,28)(H,21,24). The van der Waals surface area contributed by atoms with Crippen LogP contribution in [0.15, 0.2) is 0 Å². The van der Waals surface area contributed by atoms with Crippen molar-refractivity contribution in [1.29, 1.82) is 0 Å². The second-order valence-electron chi connectivity index (χ2n) is 6.04. The maximum atomic E-state index is 12.6. The van der Waals surface area contributed by atoms with Gasteiger partial charge in [0, 0.05) is 22.3 Å². The average Bonchev–Trinajstić information content (AvgIpc) is 2.67. The van der Waals surface area contributed by atoms with Gasteiger partial charge in [-0.1, -0.05) is 0 Å². The average molecular weight is 509 g/mol. The summed E-state index contributed by atoms with van der Waals surface area (Å²) in [6.07, 6.45) is -1.85. The lowest BCUT2D eigenvalue weighted by molar-refractivity contribution is -0.105. The molecule has 0 aromatic heterocycles. The van der Waals surface area contributed by atoms with Crippen LogP contribution >= 0.6 is 22.6 Å². The molecule has 0 aliphatic heterocycles. The number of rotatable bonds is 10. The number of hydrogen-bond donors (Lipinski definition) is 7. The molecule has 7 N–H and O–H groups in total. The van der Waals surface area contributed by atoms with Gasteiger partial charge in [0.2, 0.25) is 6.41 Å². The number of carbonyl (C=O) groups is 3. The fraction of sp³-hybridized carbons (Fsp3) is 0.471. The third kappa shape index (κ3) is 5.85. The number of hydrogen-bond acceptors (Lipinski definition) is 7. The van der Waals surface area contributed by atoms with E-state index in [1.807, 2.05) is 22.6 Å². The van der Waals surface area contributed by atoms with Gasteiger partial charge in [-0.05, 0) is 47.6 Å². The van der Waals surface area contributed by atoms with Crippen molar-refractivity contribution < 1.29 is 34.8 Å². The van der Waals surface area contributed by atoms with Gasteiger partial charge < -0.3 is 36.4 Å². The second kappa shape index (κ2) is 11.3. The first-order valence-corrected chi connectivity index (χ1v) is 9.44. The molecule has 0 aliphatic carbocycles. The molecule has 3 amide bonds. The van der Waals surface area contributed by atoms with Crippen molar-refractivity contribution in [3.63, 3.8) is 0 Å². The first-order chi connectivity index (χ1) is 13.2. The summed E-state index contributed by atoms with van der Waals surface area (Å²) in [7, 11) is 0. The minimum atomic E-state index is -1.14. The summed E-state index contributed by atoms with van der Waals surface area (Å²) in [6, 6.07) is 0. The monoisotopic (exact) mass is 509 g/mol. The van der Waals surface area contributed by atoms with Crippen LogP contribution in [0.3, 0.4) is 0 Å². The Morgan fingerprint density at radius 2 is 1.36 bits per heavy atom. The van der Waals surface area contributed by atoms with Crippen LogP contribution in [0.2, 0.25) is 0 Å². The van der Waals surface area contributed by atoms with Crippen LogP contribution in [0.5, 0.6) is 0 Å². The van der Waals surface area contributed by atoms with Gasteiger partial charge >= 0.3 is 0 Å². The molecule has 0 saturated carbocycles. The van der Waals surface area contributed by atoms with Crippen molar-refractivity contribution in [2.75, 3.05) is 31.6 Å². The number of carbonyl (C=O) groups excluding carboxylic acids is 3. The summed E-state index contributed by atoms with van der Waals surface area (Å²) in [4.78, 5) is 36.3. The highest BCUT2D eigenvalue weighted by molar-refractivity contribution is 14.1. The number of amides is 3. The highest BCUT2D eigenvalue weighted by Gasteiger charge is 2.26. The summed E-state index contributed by atoms with van der Waals surface area (Å²) in [6.45, 7) is 1.77. The van der Waals surface area contributed by atoms with E-state index in [4.69, 9.17) is 10.2 Å². The largest absolute Gasteiger partial charge is 0.394 e. The van der Waals surface area contributed by atoms with E-state index < -0.39 is 37.2 Å². The van der Waals surface area contributed by atoms with E-state index in [9.17, 15) is 24.6 Å². The van der Waals surface area contributed by atoms with E-state index in [1.54, 1.807) is 13.8 Å². The maximum Gasteiger partial charge on any atom is 0.252 e. The fourth-order valence-electron chi connectivity index (χ4n) is 2.53. The summed E-state index contributed by atoms with van der Waals surface area (Å²) >= 11 is 1.84. The zero-order valence-electron chi connectivity index (χ0n) is 15.5. The Balaban J connectivity index is 3.39. The van der Waals surface area contributed by atoms with Crippen LogP contribution in [-0.2, 0) is 4.79 Å². The molecular formula is C17H24IN3O7. The van der Waals surface area contributed by atoms with E-state index >= 15 is 0 Å². The first kappa shape index (κ1) is 24.2. The third-order valence-electron chi connectivity index (χ3n) is 4.01. The van der Waals surface area contributed by atoms with Crippen LogP contribution in [0, 0.1) is 17.4 Å². The van der Waals surface area contributed by atoms with E-state index in [1.165, 1.54) is 0 Å². The minimum Gasteiger partial charge on any atom is -0.394 e. The molecule has 0 aliphatic rings. The minimum absolute atomic E-state index is 0.133.